The molecule has 0 saturated carbocycles. The van der Waals surface area contributed by atoms with E-state index in [4.69, 9.17) is 0 Å². The third-order valence-corrected chi connectivity index (χ3v) is 3.53. The fourth-order valence-electron chi connectivity index (χ4n) is 2.80. The number of hydrogen-bond acceptors (Lipinski definition) is 3. The van der Waals surface area contributed by atoms with Crippen molar-refractivity contribution in [2.75, 3.05) is 26.2 Å². The Labute approximate surface area is 113 Å². The van der Waals surface area contributed by atoms with Crippen LogP contribution in [-0.4, -0.2) is 54.0 Å². The Morgan fingerprint density at radius 2 is 2.00 bits per heavy atom. The summed E-state index contributed by atoms with van der Waals surface area (Å²) in [6.45, 7) is 6.84. The van der Waals surface area contributed by atoms with Crippen molar-refractivity contribution in [1.29, 1.82) is 0 Å². The largest absolute Gasteiger partial charge is 0.394 e. The maximum atomic E-state index is 12.7. The minimum Gasteiger partial charge on any atom is -0.394 e. The molecule has 3 nitrogen and oxygen atoms in total. The molecule has 1 rings (SSSR count). The van der Waals surface area contributed by atoms with Crippen LogP contribution in [0.3, 0.4) is 0 Å². The number of nitrogens with zero attached hydrogens (tertiary/aromatic N) is 1. The minimum atomic E-state index is -4.11. The van der Waals surface area contributed by atoms with Crippen LogP contribution in [0.25, 0.3) is 0 Å². The molecule has 0 bridgehead atoms. The maximum Gasteiger partial charge on any atom is 0.393 e. The zero-order valence-corrected chi connectivity index (χ0v) is 11.9. The van der Waals surface area contributed by atoms with E-state index in [1.54, 1.807) is 0 Å². The Morgan fingerprint density at radius 1 is 1.37 bits per heavy atom. The lowest BCUT2D eigenvalue weighted by atomic mass is 9.94. The van der Waals surface area contributed by atoms with Crippen LogP contribution < -0.4 is 5.32 Å². The Balaban J connectivity index is 2.60. The Hall–Kier alpha value is -0.330. The molecule has 114 valence electrons. The Morgan fingerprint density at radius 3 is 2.47 bits per heavy atom. The summed E-state index contributed by atoms with van der Waals surface area (Å²) < 4.78 is 38.2. The third-order valence-electron chi connectivity index (χ3n) is 3.53. The molecule has 2 N–H and O–H groups in total. The number of aliphatic hydroxyl groups is 1. The van der Waals surface area contributed by atoms with Crippen molar-refractivity contribution in [1.82, 2.24) is 10.2 Å². The monoisotopic (exact) mass is 282 g/mol. The summed E-state index contributed by atoms with van der Waals surface area (Å²) in [6.07, 6.45) is -3.33. The SMILES string of the molecule is CC(C)NC(C)(CO)CN1CCCC(C(F)(F)F)C1. The van der Waals surface area contributed by atoms with Crippen LogP contribution >= 0.6 is 0 Å². The second-order valence-corrected chi connectivity index (χ2v) is 6.13. The lowest BCUT2D eigenvalue weighted by molar-refractivity contribution is -0.187. The van der Waals surface area contributed by atoms with Crippen LogP contribution in [0.2, 0.25) is 0 Å². The highest BCUT2D eigenvalue weighted by Crippen LogP contribution is 2.33. The first kappa shape index (κ1) is 16.7. The van der Waals surface area contributed by atoms with Gasteiger partial charge >= 0.3 is 6.18 Å². The van der Waals surface area contributed by atoms with Gasteiger partial charge in [-0.15, -0.1) is 0 Å². The van der Waals surface area contributed by atoms with E-state index in [0.717, 1.165) is 0 Å². The summed E-state index contributed by atoms with van der Waals surface area (Å²) in [5.74, 6) is -1.23. The summed E-state index contributed by atoms with van der Waals surface area (Å²) in [6, 6.07) is 0.181. The van der Waals surface area contributed by atoms with Gasteiger partial charge in [-0.2, -0.15) is 13.2 Å². The molecular formula is C13H25F3N2O. The van der Waals surface area contributed by atoms with E-state index in [1.165, 1.54) is 0 Å². The summed E-state index contributed by atoms with van der Waals surface area (Å²) in [7, 11) is 0. The second-order valence-electron chi connectivity index (χ2n) is 6.13. The molecule has 2 atom stereocenters. The molecule has 1 heterocycles. The van der Waals surface area contributed by atoms with E-state index < -0.39 is 17.6 Å². The average molecular weight is 282 g/mol. The summed E-state index contributed by atoms with van der Waals surface area (Å²) in [4.78, 5) is 1.81. The lowest BCUT2D eigenvalue weighted by Gasteiger charge is -2.40. The molecule has 0 radical (unpaired) electrons. The molecule has 1 saturated heterocycles. The molecule has 0 amide bonds. The summed E-state index contributed by atoms with van der Waals surface area (Å²) >= 11 is 0. The number of halogens is 3. The van der Waals surface area contributed by atoms with Gasteiger partial charge in [0, 0.05) is 19.1 Å². The van der Waals surface area contributed by atoms with Crippen LogP contribution in [-0.2, 0) is 0 Å². The molecule has 0 aliphatic carbocycles. The number of hydrogen-bond donors (Lipinski definition) is 2. The van der Waals surface area contributed by atoms with Gasteiger partial charge in [-0.1, -0.05) is 13.8 Å². The van der Waals surface area contributed by atoms with Gasteiger partial charge in [0.25, 0.3) is 0 Å². The van der Waals surface area contributed by atoms with Crippen molar-refractivity contribution in [3.63, 3.8) is 0 Å². The number of aliphatic hydroxyl groups excluding tert-OH is 1. The normalized spacial score (nSPS) is 25.6. The zero-order chi connectivity index (χ0) is 14.7. The summed E-state index contributed by atoms with van der Waals surface area (Å²) in [5, 5.41) is 12.7. The number of rotatable bonds is 5. The highest BCUT2D eigenvalue weighted by Gasteiger charge is 2.42. The molecule has 6 heteroatoms. The standard InChI is InChI=1S/C13H25F3N2O/c1-10(2)17-12(3,9-19)8-18-6-4-5-11(7-18)13(14,15)16/h10-11,17,19H,4-9H2,1-3H3. The number of nitrogens with one attached hydrogen (secondary N) is 1. The molecule has 2 unspecified atom stereocenters. The lowest BCUT2D eigenvalue weighted by Crippen LogP contribution is -2.58. The Kier molecular flexibility index (Phi) is 5.65. The van der Waals surface area contributed by atoms with Gasteiger partial charge in [0.2, 0.25) is 0 Å². The van der Waals surface area contributed by atoms with E-state index in [1.807, 2.05) is 25.7 Å². The van der Waals surface area contributed by atoms with Crippen molar-refractivity contribution in [2.24, 2.45) is 5.92 Å². The first-order valence-electron chi connectivity index (χ1n) is 6.84. The van der Waals surface area contributed by atoms with Gasteiger partial charge < -0.3 is 15.3 Å². The van der Waals surface area contributed by atoms with E-state index in [2.05, 4.69) is 5.32 Å². The molecule has 1 aliphatic rings. The average Bonchev–Trinajstić information content (AvgIpc) is 2.27. The van der Waals surface area contributed by atoms with Gasteiger partial charge in [0.15, 0.2) is 0 Å². The third kappa shape index (κ3) is 5.28. The van der Waals surface area contributed by atoms with E-state index >= 15 is 0 Å². The first-order chi connectivity index (χ1) is 8.66. The van der Waals surface area contributed by atoms with E-state index in [0.29, 0.717) is 19.5 Å². The van der Waals surface area contributed by atoms with Crippen LogP contribution in [0.15, 0.2) is 0 Å². The molecular weight excluding hydrogens is 257 g/mol. The van der Waals surface area contributed by atoms with Gasteiger partial charge in [-0.3, -0.25) is 0 Å². The Bertz CT molecular complexity index is 284. The first-order valence-corrected chi connectivity index (χ1v) is 6.84. The molecule has 1 aliphatic heterocycles. The van der Waals surface area contributed by atoms with Crippen LogP contribution in [0.4, 0.5) is 13.2 Å². The second kappa shape index (κ2) is 6.41. The van der Waals surface area contributed by atoms with Crippen LogP contribution in [0.1, 0.15) is 33.6 Å². The van der Waals surface area contributed by atoms with Gasteiger partial charge in [-0.05, 0) is 26.3 Å². The topological polar surface area (TPSA) is 35.5 Å². The van der Waals surface area contributed by atoms with Crippen molar-refractivity contribution < 1.29 is 18.3 Å². The predicted molar refractivity (Wildman–Crippen MR) is 69.0 cm³/mol. The van der Waals surface area contributed by atoms with E-state index in [9.17, 15) is 18.3 Å². The van der Waals surface area contributed by atoms with E-state index in [-0.39, 0.29) is 25.6 Å². The van der Waals surface area contributed by atoms with Crippen LogP contribution in [0.5, 0.6) is 0 Å². The molecule has 19 heavy (non-hydrogen) atoms. The number of alkyl halides is 3. The molecule has 0 spiro atoms. The van der Waals surface area contributed by atoms with Gasteiger partial charge in [0.05, 0.1) is 18.1 Å². The molecule has 1 fully saturated rings. The zero-order valence-electron chi connectivity index (χ0n) is 11.9. The maximum absolute atomic E-state index is 12.7. The van der Waals surface area contributed by atoms with Crippen molar-refractivity contribution in [2.45, 2.75) is 51.4 Å². The molecule has 0 aromatic heterocycles. The summed E-state index contributed by atoms with van der Waals surface area (Å²) in [5.41, 5.74) is -0.554. The fourth-order valence-corrected chi connectivity index (χ4v) is 2.80. The van der Waals surface area contributed by atoms with Gasteiger partial charge in [0.1, 0.15) is 0 Å². The predicted octanol–water partition coefficient (Wildman–Crippen LogP) is 2.01. The number of likely N-dealkylation sites (tertiary alicyclic amines) is 1. The quantitative estimate of drug-likeness (QED) is 0.809. The fraction of sp³-hybridized carbons (Fsp3) is 1.00. The highest BCUT2D eigenvalue weighted by molar-refractivity contribution is 4.90. The van der Waals surface area contributed by atoms with Crippen molar-refractivity contribution in [3.8, 4) is 0 Å². The smallest absolute Gasteiger partial charge is 0.393 e. The van der Waals surface area contributed by atoms with Crippen molar-refractivity contribution in [3.05, 3.63) is 0 Å². The highest BCUT2D eigenvalue weighted by atomic mass is 19.4. The van der Waals surface area contributed by atoms with Gasteiger partial charge in [-0.25, -0.2) is 0 Å². The van der Waals surface area contributed by atoms with Crippen LogP contribution in [0, 0.1) is 5.92 Å². The van der Waals surface area contributed by atoms with Crippen molar-refractivity contribution >= 4 is 0 Å². The molecule has 0 aromatic carbocycles. The number of piperidine rings is 1. The minimum absolute atomic E-state index is 0.0405. The molecule has 0 aromatic rings.